The first-order valence-corrected chi connectivity index (χ1v) is 9.13. The summed E-state index contributed by atoms with van der Waals surface area (Å²) in [6, 6.07) is 26.2. The second-order valence-corrected chi connectivity index (χ2v) is 6.49. The molecule has 0 aliphatic rings. The first-order chi connectivity index (χ1) is 14.2. The lowest BCUT2D eigenvalue weighted by Crippen LogP contribution is -2.18. The van der Waals surface area contributed by atoms with Gasteiger partial charge >= 0.3 is 0 Å². The summed E-state index contributed by atoms with van der Waals surface area (Å²) < 4.78 is 0. The summed E-state index contributed by atoms with van der Waals surface area (Å²) in [4.78, 5) is 30.6. The van der Waals surface area contributed by atoms with Crippen LogP contribution in [0.1, 0.15) is 21.6 Å². The highest BCUT2D eigenvalue weighted by molar-refractivity contribution is 6.60. The van der Waals surface area contributed by atoms with E-state index in [0.29, 0.717) is 10.9 Å². The topological polar surface area (TPSA) is 67.3 Å². The van der Waals surface area contributed by atoms with Crippen LogP contribution in [0.25, 0.3) is 22.1 Å². The molecule has 1 heterocycles. The second-order valence-electron chi connectivity index (χ2n) is 6.49. The third-order valence-electron chi connectivity index (χ3n) is 4.66. The maximum Gasteiger partial charge on any atom is 0.239 e. The first-order valence-electron chi connectivity index (χ1n) is 9.13. The van der Waals surface area contributed by atoms with Gasteiger partial charge in [-0.3, -0.25) is 14.6 Å². The Morgan fingerprint density at radius 2 is 1.28 bits per heavy atom. The Morgan fingerprint density at radius 1 is 0.690 bits per heavy atom. The average molecular weight is 379 g/mol. The smallest absolute Gasteiger partial charge is 0.239 e. The van der Waals surface area contributed by atoms with Gasteiger partial charge in [-0.2, -0.15) is 0 Å². The van der Waals surface area contributed by atoms with Crippen LogP contribution < -0.4 is 0 Å². The molecule has 0 radical (unpaired) electrons. The molecule has 0 bridgehead atoms. The van der Waals surface area contributed by atoms with Gasteiger partial charge in [0.05, 0.1) is 11.3 Å². The fourth-order valence-electron chi connectivity index (χ4n) is 3.22. The molecule has 1 N–H and O–H groups in total. The lowest BCUT2D eigenvalue weighted by molar-refractivity contribution is -0.110. The molecule has 0 spiro atoms. The molecule has 1 aromatic heterocycles. The maximum absolute atomic E-state index is 13.3. The second kappa shape index (κ2) is 7.90. The van der Waals surface area contributed by atoms with Crippen molar-refractivity contribution in [1.29, 1.82) is 0 Å². The molecule has 0 saturated heterocycles. The molecule has 0 saturated carbocycles. The van der Waals surface area contributed by atoms with E-state index in [9.17, 15) is 14.7 Å². The highest BCUT2D eigenvalue weighted by atomic mass is 16.3. The van der Waals surface area contributed by atoms with E-state index in [2.05, 4.69) is 4.98 Å². The first kappa shape index (κ1) is 18.3. The number of rotatable bonds is 5. The van der Waals surface area contributed by atoms with Crippen molar-refractivity contribution in [2.75, 3.05) is 0 Å². The zero-order valence-corrected chi connectivity index (χ0v) is 15.4. The van der Waals surface area contributed by atoms with Gasteiger partial charge in [0.2, 0.25) is 11.6 Å². The number of hydrogen-bond donors (Lipinski definition) is 1. The van der Waals surface area contributed by atoms with Gasteiger partial charge in [0, 0.05) is 22.7 Å². The number of carbonyl (C=O) groups is 2. The summed E-state index contributed by atoms with van der Waals surface area (Å²) in [5.41, 5.74) is 0.864. The van der Waals surface area contributed by atoms with Gasteiger partial charge in [-0.1, -0.05) is 84.9 Å². The Balaban J connectivity index is 1.96. The minimum absolute atomic E-state index is 0.109. The Kier molecular flexibility index (Phi) is 4.99. The van der Waals surface area contributed by atoms with Crippen LogP contribution in [-0.2, 0) is 4.79 Å². The van der Waals surface area contributed by atoms with E-state index >= 15 is 0 Å². The standard InChI is InChI=1S/C25H17NO3/c27-23(18-10-3-1-4-11-18)21(25(29)24(28)19-12-5-2-6-13-19)22-20-14-8-7-9-17(20)15-16-26-22/h1-16,27H/b23-21+. The van der Waals surface area contributed by atoms with E-state index < -0.39 is 11.6 Å². The minimum Gasteiger partial charge on any atom is -0.506 e. The van der Waals surface area contributed by atoms with E-state index in [1.165, 1.54) is 0 Å². The van der Waals surface area contributed by atoms with Crippen LogP contribution in [-0.4, -0.2) is 21.7 Å². The number of ketones is 2. The average Bonchev–Trinajstić information content (AvgIpc) is 2.80. The molecule has 4 nitrogen and oxygen atoms in total. The van der Waals surface area contributed by atoms with E-state index in [4.69, 9.17) is 0 Å². The molecule has 0 aliphatic carbocycles. The van der Waals surface area contributed by atoms with Gasteiger partial charge in [-0.05, 0) is 11.5 Å². The van der Waals surface area contributed by atoms with Gasteiger partial charge in [0.25, 0.3) is 0 Å². The summed E-state index contributed by atoms with van der Waals surface area (Å²) in [5.74, 6) is -1.78. The number of benzene rings is 3. The molecule has 0 aliphatic heterocycles. The number of nitrogens with zero attached hydrogens (tertiary/aromatic N) is 1. The molecule has 0 fully saturated rings. The molecule has 3 aromatic carbocycles. The normalized spacial score (nSPS) is 11.7. The minimum atomic E-state index is -0.804. The molecular formula is C25H17NO3. The monoisotopic (exact) mass is 379 g/mol. The van der Waals surface area contributed by atoms with Gasteiger partial charge in [0.15, 0.2) is 0 Å². The largest absolute Gasteiger partial charge is 0.506 e. The zero-order chi connectivity index (χ0) is 20.2. The van der Waals surface area contributed by atoms with Crippen molar-refractivity contribution in [2.24, 2.45) is 0 Å². The molecule has 0 atom stereocenters. The van der Waals surface area contributed by atoms with E-state index in [1.54, 1.807) is 60.8 Å². The quantitative estimate of drug-likeness (QED) is 0.226. The lowest BCUT2D eigenvalue weighted by atomic mass is 9.93. The third kappa shape index (κ3) is 3.56. The number of Topliss-reactive ketones (excluding diaryl/α,β-unsaturated/α-hetero) is 2. The van der Waals surface area contributed by atoms with E-state index in [1.807, 2.05) is 36.4 Å². The van der Waals surface area contributed by atoms with Crippen molar-refractivity contribution >= 4 is 33.7 Å². The number of aromatic nitrogens is 1. The number of allylic oxidation sites excluding steroid dienone is 1. The number of carbonyl (C=O) groups excluding carboxylic acids is 2. The number of pyridine rings is 1. The Bertz CT molecular complexity index is 1220. The molecular weight excluding hydrogens is 362 g/mol. The van der Waals surface area contributed by atoms with Crippen LogP contribution in [0.2, 0.25) is 0 Å². The maximum atomic E-state index is 13.3. The molecule has 0 amide bonds. The van der Waals surface area contributed by atoms with Gasteiger partial charge < -0.3 is 5.11 Å². The summed E-state index contributed by atoms with van der Waals surface area (Å²) in [5, 5.41) is 12.6. The molecule has 4 heteroatoms. The van der Waals surface area contributed by atoms with Crippen LogP contribution >= 0.6 is 0 Å². The lowest BCUT2D eigenvalue weighted by Gasteiger charge is -2.12. The number of hydrogen-bond acceptors (Lipinski definition) is 4. The van der Waals surface area contributed by atoms with Crippen LogP contribution in [0.5, 0.6) is 0 Å². The zero-order valence-electron chi connectivity index (χ0n) is 15.4. The van der Waals surface area contributed by atoms with Crippen molar-refractivity contribution in [1.82, 2.24) is 4.98 Å². The van der Waals surface area contributed by atoms with Crippen LogP contribution in [0.15, 0.2) is 97.2 Å². The molecule has 4 aromatic rings. The SMILES string of the molecule is O=C(C(=O)c1ccccc1)/C(=C(/O)c1ccccc1)c1nccc2ccccc12. The van der Waals surface area contributed by atoms with Crippen LogP contribution in [0.4, 0.5) is 0 Å². The van der Waals surface area contributed by atoms with Gasteiger partial charge in [-0.25, -0.2) is 0 Å². The van der Waals surface area contributed by atoms with Crippen molar-refractivity contribution in [3.63, 3.8) is 0 Å². The van der Waals surface area contributed by atoms with E-state index in [0.717, 1.165) is 5.39 Å². The molecule has 4 rings (SSSR count). The summed E-state index contributed by atoms with van der Waals surface area (Å²) in [6.07, 6.45) is 1.57. The fourth-order valence-corrected chi connectivity index (χ4v) is 3.22. The highest BCUT2D eigenvalue weighted by Gasteiger charge is 2.28. The Labute approximate surface area is 167 Å². The predicted octanol–water partition coefficient (Wildman–Crippen LogP) is 5.11. The predicted molar refractivity (Wildman–Crippen MR) is 113 cm³/mol. The highest BCUT2D eigenvalue weighted by Crippen LogP contribution is 2.30. The van der Waals surface area contributed by atoms with Crippen molar-refractivity contribution in [3.05, 3.63) is 114 Å². The number of aliphatic hydroxyl groups excluding tert-OH is 1. The van der Waals surface area contributed by atoms with Crippen LogP contribution in [0.3, 0.4) is 0 Å². The van der Waals surface area contributed by atoms with E-state index in [-0.39, 0.29) is 22.6 Å². The summed E-state index contributed by atoms with van der Waals surface area (Å²) in [7, 11) is 0. The van der Waals surface area contributed by atoms with Gasteiger partial charge in [-0.15, -0.1) is 0 Å². The van der Waals surface area contributed by atoms with Crippen molar-refractivity contribution in [3.8, 4) is 0 Å². The summed E-state index contributed by atoms with van der Waals surface area (Å²) in [6.45, 7) is 0. The van der Waals surface area contributed by atoms with Crippen molar-refractivity contribution in [2.45, 2.75) is 0 Å². The van der Waals surface area contributed by atoms with Gasteiger partial charge in [0.1, 0.15) is 5.76 Å². The number of fused-ring (bicyclic) bond motifs is 1. The van der Waals surface area contributed by atoms with Crippen molar-refractivity contribution < 1.29 is 14.7 Å². The Hall–Kier alpha value is -4.05. The molecule has 29 heavy (non-hydrogen) atoms. The molecule has 0 unspecified atom stereocenters. The number of aliphatic hydroxyl groups is 1. The Morgan fingerprint density at radius 3 is 1.97 bits per heavy atom. The van der Waals surface area contributed by atoms with Crippen LogP contribution in [0, 0.1) is 0 Å². The third-order valence-corrected chi connectivity index (χ3v) is 4.66. The summed E-state index contributed by atoms with van der Waals surface area (Å²) >= 11 is 0. The fraction of sp³-hybridized carbons (Fsp3) is 0. The molecule has 140 valence electrons.